The van der Waals surface area contributed by atoms with E-state index in [0.29, 0.717) is 23.7 Å². The van der Waals surface area contributed by atoms with Crippen molar-refractivity contribution in [3.05, 3.63) is 97.2 Å². The fourth-order valence-electron chi connectivity index (χ4n) is 7.49. The maximum absolute atomic E-state index is 2.52. The van der Waals surface area contributed by atoms with Gasteiger partial charge in [0, 0.05) is 0 Å². The van der Waals surface area contributed by atoms with Gasteiger partial charge in [0.05, 0.1) is 0 Å². The van der Waals surface area contributed by atoms with Crippen molar-refractivity contribution in [2.75, 3.05) is 0 Å². The second-order valence-corrected chi connectivity index (χ2v) is 9.60. The molecule has 0 saturated heterocycles. The number of allylic oxidation sites excluding steroid dienone is 16. The molecule has 0 aromatic heterocycles. The molecule has 6 aliphatic carbocycles. The van der Waals surface area contributed by atoms with Gasteiger partial charge in [-0.1, -0.05) is 97.2 Å². The zero-order valence-electron chi connectivity index (χ0n) is 16.4. The highest BCUT2D eigenvalue weighted by Gasteiger charge is 2.50. The third-order valence-electron chi connectivity index (χ3n) is 8.59. The molecule has 0 spiro atoms. The summed E-state index contributed by atoms with van der Waals surface area (Å²) in [6, 6.07) is 0. The Labute approximate surface area is 169 Å². The van der Waals surface area contributed by atoms with Crippen LogP contribution in [0.25, 0.3) is 0 Å². The van der Waals surface area contributed by atoms with Gasteiger partial charge in [-0.2, -0.15) is 0 Å². The number of rotatable bonds is 3. The van der Waals surface area contributed by atoms with E-state index in [1.807, 2.05) is 0 Å². The van der Waals surface area contributed by atoms with Gasteiger partial charge < -0.3 is 0 Å². The monoisotopic (exact) mass is 366 g/mol. The first-order valence-corrected chi connectivity index (χ1v) is 11.3. The van der Waals surface area contributed by atoms with Crippen molar-refractivity contribution in [3.63, 3.8) is 0 Å². The van der Waals surface area contributed by atoms with Crippen LogP contribution in [0.3, 0.4) is 0 Å². The molecule has 2 saturated carbocycles. The summed E-state index contributed by atoms with van der Waals surface area (Å²) in [6.07, 6.45) is 41.0. The molecule has 0 aliphatic heterocycles. The molecule has 0 bridgehead atoms. The van der Waals surface area contributed by atoms with E-state index in [2.05, 4.69) is 97.2 Å². The summed E-state index contributed by atoms with van der Waals surface area (Å²) < 4.78 is 0. The van der Waals surface area contributed by atoms with Crippen molar-refractivity contribution >= 4 is 0 Å². The third kappa shape index (κ3) is 2.50. The second-order valence-electron chi connectivity index (χ2n) is 9.60. The molecule has 0 N–H and O–H groups in total. The number of hydrogen-bond donors (Lipinski definition) is 0. The molecule has 0 amide bonds. The zero-order valence-corrected chi connectivity index (χ0v) is 16.4. The van der Waals surface area contributed by atoms with Gasteiger partial charge in [-0.15, -0.1) is 0 Å². The largest absolute Gasteiger partial charge is 0.0805 e. The van der Waals surface area contributed by atoms with Crippen LogP contribution >= 0.6 is 0 Å². The highest BCUT2D eigenvalue weighted by Crippen LogP contribution is 2.56. The molecule has 0 nitrogen and oxygen atoms in total. The van der Waals surface area contributed by atoms with Gasteiger partial charge in [-0.05, 0) is 72.0 Å². The predicted octanol–water partition coefficient (Wildman–Crippen LogP) is 6.46. The van der Waals surface area contributed by atoms with E-state index in [1.165, 1.54) is 12.8 Å². The average molecular weight is 367 g/mol. The molecule has 0 radical (unpaired) electrons. The van der Waals surface area contributed by atoms with Crippen molar-refractivity contribution in [2.45, 2.75) is 12.8 Å². The van der Waals surface area contributed by atoms with E-state index in [0.717, 1.165) is 35.5 Å². The standard InChI is InChI=1S/C28H30/c1-5-13-23-19(9-1)20-10-2-6-14-24(20)27(23)17-18-28-25-15-7-3-11-21(25)22-12-4-8-16-26(22)28/h1-16,19-28H,17-18H2/t19-,20+,21-,22+,23-,24+,25-,26+,27?,28?. The molecule has 28 heavy (non-hydrogen) atoms. The molecule has 0 aromatic carbocycles. The average Bonchev–Trinajstić information content (AvgIpc) is 3.26. The van der Waals surface area contributed by atoms with Crippen LogP contribution in [-0.2, 0) is 0 Å². The molecule has 0 heterocycles. The van der Waals surface area contributed by atoms with E-state index < -0.39 is 0 Å². The van der Waals surface area contributed by atoms with E-state index in [9.17, 15) is 0 Å². The van der Waals surface area contributed by atoms with Crippen LogP contribution in [0.4, 0.5) is 0 Å². The van der Waals surface area contributed by atoms with Gasteiger partial charge >= 0.3 is 0 Å². The Morgan fingerprint density at radius 2 is 0.500 bits per heavy atom. The van der Waals surface area contributed by atoms with Crippen LogP contribution in [-0.4, -0.2) is 0 Å². The Morgan fingerprint density at radius 3 is 0.750 bits per heavy atom. The third-order valence-corrected chi connectivity index (χ3v) is 8.59. The van der Waals surface area contributed by atoms with Crippen molar-refractivity contribution in [3.8, 4) is 0 Å². The van der Waals surface area contributed by atoms with Gasteiger partial charge in [0.15, 0.2) is 0 Å². The van der Waals surface area contributed by atoms with Crippen molar-refractivity contribution in [1.82, 2.24) is 0 Å². The summed E-state index contributed by atoms with van der Waals surface area (Å²) in [5.41, 5.74) is 0. The van der Waals surface area contributed by atoms with Crippen LogP contribution in [0.2, 0.25) is 0 Å². The molecule has 142 valence electrons. The zero-order chi connectivity index (χ0) is 18.5. The Kier molecular flexibility index (Phi) is 4.07. The number of fused-ring (bicyclic) bond motifs is 6. The quantitative estimate of drug-likeness (QED) is 0.538. The molecule has 0 heteroatoms. The maximum atomic E-state index is 2.52. The van der Waals surface area contributed by atoms with Crippen LogP contribution in [0.15, 0.2) is 97.2 Å². The summed E-state index contributed by atoms with van der Waals surface area (Å²) in [5.74, 6) is 7.32. The lowest BCUT2D eigenvalue weighted by Crippen LogP contribution is -2.21. The molecule has 0 aromatic rings. The molecule has 2 unspecified atom stereocenters. The normalized spacial score (nSPS) is 48.6. The second kappa shape index (κ2) is 6.76. The number of hydrogen-bond acceptors (Lipinski definition) is 0. The smallest absolute Gasteiger partial charge is 0.00956 e. The van der Waals surface area contributed by atoms with Crippen molar-refractivity contribution in [1.29, 1.82) is 0 Å². The summed E-state index contributed by atoms with van der Waals surface area (Å²) in [4.78, 5) is 0. The first-order chi connectivity index (χ1) is 13.9. The summed E-state index contributed by atoms with van der Waals surface area (Å²) in [6.45, 7) is 0. The van der Waals surface area contributed by atoms with E-state index >= 15 is 0 Å². The van der Waals surface area contributed by atoms with Crippen LogP contribution < -0.4 is 0 Å². The van der Waals surface area contributed by atoms with Gasteiger partial charge in [0.1, 0.15) is 0 Å². The van der Waals surface area contributed by atoms with Crippen molar-refractivity contribution < 1.29 is 0 Å². The fraction of sp³-hybridized carbons (Fsp3) is 0.429. The lowest BCUT2D eigenvalue weighted by molar-refractivity contribution is 0.272. The van der Waals surface area contributed by atoms with Gasteiger partial charge in [-0.3, -0.25) is 0 Å². The lowest BCUT2D eigenvalue weighted by Gasteiger charge is -2.29. The molecule has 6 aliphatic rings. The summed E-state index contributed by atoms with van der Waals surface area (Å²) in [5, 5.41) is 0. The minimum absolute atomic E-state index is 0.709. The first-order valence-electron chi connectivity index (χ1n) is 11.3. The van der Waals surface area contributed by atoms with E-state index in [4.69, 9.17) is 0 Å². The fourth-order valence-corrected chi connectivity index (χ4v) is 7.49. The molecule has 2 fully saturated rings. The topological polar surface area (TPSA) is 0 Å². The highest BCUT2D eigenvalue weighted by molar-refractivity contribution is 5.30. The van der Waals surface area contributed by atoms with Crippen LogP contribution in [0.1, 0.15) is 12.8 Å². The summed E-state index contributed by atoms with van der Waals surface area (Å²) >= 11 is 0. The Balaban J connectivity index is 1.25. The molecular weight excluding hydrogens is 336 g/mol. The minimum atomic E-state index is 0.709. The van der Waals surface area contributed by atoms with Gasteiger partial charge in [0.25, 0.3) is 0 Å². The summed E-state index contributed by atoms with van der Waals surface area (Å²) in [7, 11) is 0. The molecular formula is C28H30. The van der Waals surface area contributed by atoms with E-state index in [-0.39, 0.29) is 0 Å². The first kappa shape index (κ1) is 16.8. The Bertz CT molecular complexity index is 716. The predicted molar refractivity (Wildman–Crippen MR) is 117 cm³/mol. The Morgan fingerprint density at radius 1 is 0.286 bits per heavy atom. The van der Waals surface area contributed by atoms with Crippen LogP contribution in [0.5, 0.6) is 0 Å². The van der Waals surface area contributed by atoms with Gasteiger partial charge in [0.2, 0.25) is 0 Å². The molecule has 10 atom stereocenters. The Hall–Kier alpha value is -2.08. The molecule has 6 rings (SSSR count). The van der Waals surface area contributed by atoms with Crippen LogP contribution in [0, 0.1) is 59.2 Å². The highest BCUT2D eigenvalue weighted by atomic mass is 14.5. The SMILES string of the molecule is C1=C[C@@H]2[C@@H]3C=CC=C[C@@H]3C(CCC3[C@H]4C=CC=C[C@H]4[C@H]4C=CC=C[C@@H]34)[C@@H]2C=C1. The van der Waals surface area contributed by atoms with Gasteiger partial charge in [-0.25, -0.2) is 0 Å². The minimum Gasteiger partial charge on any atom is -0.0805 e. The lowest BCUT2D eigenvalue weighted by atomic mass is 9.75. The van der Waals surface area contributed by atoms with Crippen molar-refractivity contribution in [2.24, 2.45) is 59.2 Å². The maximum Gasteiger partial charge on any atom is -0.00956 e. The van der Waals surface area contributed by atoms with E-state index in [1.54, 1.807) is 0 Å².